The maximum atomic E-state index is 11.7. The predicted molar refractivity (Wildman–Crippen MR) is 87.5 cm³/mol. The fourth-order valence-electron chi connectivity index (χ4n) is 2.70. The number of hydrogen-bond donors (Lipinski definition) is 3. The lowest BCUT2D eigenvalue weighted by atomic mass is 10.0. The van der Waals surface area contributed by atoms with Gasteiger partial charge in [-0.1, -0.05) is 36.4 Å². The molecule has 0 spiro atoms. The van der Waals surface area contributed by atoms with Gasteiger partial charge in [0, 0.05) is 18.8 Å². The molecule has 0 aliphatic heterocycles. The summed E-state index contributed by atoms with van der Waals surface area (Å²) in [5.41, 5.74) is 0.0900. The summed E-state index contributed by atoms with van der Waals surface area (Å²) in [6, 6.07) is 14.4. The van der Waals surface area contributed by atoms with Crippen molar-refractivity contribution in [2.75, 3.05) is 6.61 Å². The van der Waals surface area contributed by atoms with Crippen molar-refractivity contribution in [2.45, 2.75) is 12.6 Å². The molecule has 1 heterocycles. The van der Waals surface area contributed by atoms with Gasteiger partial charge < -0.3 is 19.9 Å². The van der Waals surface area contributed by atoms with Gasteiger partial charge >= 0.3 is 0 Å². The zero-order valence-corrected chi connectivity index (χ0v) is 12.4. The first-order chi connectivity index (χ1) is 11.1. The van der Waals surface area contributed by atoms with Crippen molar-refractivity contribution in [3.63, 3.8) is 0 Å². The Morgan fingerprint density at radius 2 is 1.78 bits per heavy atom. The molecule has 1 atom stereocenters. The van der Waals surface area contributed by atoms with Gasteiger partial charge in [0.1, 0.15) is 6.10 Å². The summed E-state index contributed by atoms with van der Waals surface area (Å²) in [5, 5.41) is 31.9. The van der Waals surface area contributed by atoms with E-state index in [1.54, 1.807) is 6.07 Å². The van der Waals surface area contributed by atoms with E-state index in [0.29, 0.717) is 5.56 Å². The van der Waals surface area contributed by atoms with E-state index in [9.17, 15) is 15.0 Å². The Hall–Kier alpha value is -2.63. The molecule has 0 bridgehead atoms. The molecule has 23 heavy (non-hydrogen) atoms. The number of nitrogens with zero attached hydrogens (tertiary/aromatic N) is 1. The first-order valence-electron chi connectivity index (χ1n) is 7.31. The van der Waals surface area contributed by atoms with Crippen LogP contribution in [0.4, 0.5) is 0 Å². The van der Waals surface area contributed by atoms with Crippen molar-refractivity contribution in [3.8, 4) is 5.75 Å². The summed E-state index contributed by atoms with van der Waals surface area (Å²) in [4.78, 5) is 11.7. The maximum Gasteiger partial charge on any atom is 0.223 e. The molecule has 0 saturated carbocycles. The van der Waals surface area contributed by atoms with Gasteiger partial charge in [-0.25, -0.2) is 0 Å². The van der Waals surface area contributed by atoms with Crippen molar-refractivity contribution in [1.82, 2.24) is 4.57 Å². The van der Waals surface area contributed by atoms with Crippen molar-refractivity contribution >= 4 is 10.8 Å². The van der Waals surface area contributed by atoms with Crippen LogP contribution in [0.15, 0.2) is 59.5 Å². The molecule has 1 unspecified atom stereocenters. The average molecular weight is 311 g/mol. The summed E-state index contributed by atoms with van der Waals surface area (Å²) >= 11 is 0. The van der Waals surface area contributed by atoms with Crippen LogP contribution in [-0.2, 0) is 6.54 Å². The molecule has 0 radical (unpaired) electrons. The van der Waals surface area contributed by atoms with Crippen molar-refractivity contribution in [3.05, 3.63) is 76.2 Å². The number of aliphatic hydroxyl groups is 2. The van der Waals surface area contributed by atoms with Crippen LogP contribution in [0.5, 0.6) is 5.75 Å². The standard InChI is InChI=1S/C18H17NO4/c20-10-9-19-8-7-15(21)18(23)16(19)17(22)14-6-5-12-3-1-2-4-13(12)11-14/h1-8,11,17,20,22-23H,9-10H2. The number of benzene rings is 2. The monoisotopic (exact) mass is 311 g/mol. The van der Waals surface area contributed by atoms with Gasteiger partial charge in [-0.05, 0) is 22.4 Å². The Balaban J connectivity index is 2.12. The SMILES string of the molecule is O=c1ccn(CCO)c(C(O)c2ccc3ccccc3c2)c1O. The van der Waals surface area contributed by atoms with Crippen LogP contribution in [0.2, 0.25) is 0 Å². The van der Waals surface area contributed by atoms with E-state index in [2.05, 4.69) is 0 Å². The van der Waals surface area contributed by atoms with Crippen LogP contribution >= 0.6 is 0 Å². The Labute approximate surface area is 132 Å². The average Bonchev–Trinajstić information content (AvgIpc) is 2.58. The largest absolute Gasteiger partial charge is 0.503 e. The van der Waals surface area contributed by atoms with E-state index in [4.69, 9.17) is 5.11 Å². The normalized spacial score (nSPS) is 12.4. The third kappa shape index (κ3) is 2.84. The van der Waals surface area contributed by atoms with Gasteiger partial charge in [-0.2, -0.15) is 0 Å². The Kier molecular flexibility index (Phi) is 4.14. The Bertz CT molecular complexity index is 901. The van der Waals surface area contributed by atoms with E-state index in [1.165, 1.54) is 16.8 Å². The lowest BCUT2D eigenvalue weighted by Crippen LogP contribution is -2.18. The molecule has 3 N–H and O–H groups in total. The third-order valence-electron chi connectivity index (χ3n) is 3.88. The molecule has 1 aromatic heterocycles. The molecular weight excluding hydrogens is 294 g/mol. The fourth-order valence-corrected chi connectivity index (χ4v) is 2.70. The highest BCUT2D eigenvalue weighted by Crippen LogP contribution is 2.29. The second kappa shape index (κ2) is 6.24. The quantitative estimate of drug-likeness (QED) is 0.686. The second-order valence-electron chi connectivity index (χ2n) is 5.34. The molecule has 2 aromatic carbocycles. The second-order valence-corrected chi connectivity index (χ2v) is 5.34. The lowest BCUT2D eigenvalue weighted by Gasteiger charge is -2.19. The number of hydrogen-bond acceptors (Lipinski definition) is 4. The molecule has 0 amide bonds. The van der Waals surface area contributed by atoms with E-state index < -0.39 is 17.3 Å². The first-order valence-corrected chi connectivity index (χ1v) is 7.31. The highest BCUT2D eigenvalue weighted by Gasteiger charge is 2.20. The maximum absolute atomic E-state index is 11.7. The zero-order chi connectivity index (χ0) is 16.4. The Morgan fingerprint density at radius 3 is 2.52 bits per heavy atom. The van der Waals surface area contributed by atoms with E-state index in [1.807, 2.05) is 36.4 Å². The molecule has 0 aliphatic rings. The minimum Gasteiger partial charge on any atom is -0.503 e. The van der Waals surface area contributed by atoms with Gasteiger partial charge in [0.25, 0.3) is 0 Å². The van der Waals surface area contributed by atoms with Gasteiger partial charge in [0.2, 0.25) is 5.43 Å². The third-order valence-corrected chi connectivity index (χ3v) is 3.88. The van der Waals surface area contributed by atoms with Crippen LogP contribution < -0.4 is 5.43 Å². The molecule has 5 nitrogen and oxygen atoms in total. The van der Waals surface area contributed by atoms with Gasteiger partial charge in [0.15, 0.2) is 5.75 Å². The molecule has 5 heteroatoms. The van der Waals surface area contributed by atoms with Crippen molar-refractivity contribution in [1.29, 1.82) is 0 Å². The van der Waals surface area contributed by atoms with Gasteiger partial charge in [-0.3, -0.25) is 4.79 Å². The van der Waals surface area contributed by atoms with Crippen LogP contribution in [0.1, 0.15) is 17.4 Å². The lowest BCUT2D eigenvalue weighted by molar-refractivity contribution is 0.197. The molecule has 118 valence electrons. The number of aliphatic hydroxyl groups excluding tert-OH is 2. The van der Waals surface area contributed by atoms with Gasteiger partial charge in [0.05, 0.1) is 12.3 Å². The number of aromatic hydroxyl groups is 1. The molecule has 3 aromatic rings. The number of fused-ring (bicyclic) bond motifs is 1. The van der Waals surface area contributed by atoms with Crippen molar-refractivity contribution in [2.24, 2.45) is 0 Å². The van der Waals surface area contributed by atoms with Crippen LogP contribution in [0, 0.1) is 0 Å². The fraction of sp³-hybridized carbons (Fsp3) is 0.167. The summed E-state index contributed by atoms with van der Waals surface area (Å²) in [6.45, 7) is 0.00751. The minimum atomic E-state index is -1.17. The molecule has 3 rings (SSSR count). The summed E-state index contributed by atoms with van der Waals surface area (Å²) in [7, 11) is 0. The number of aromatic nitrogens is 1. The van der Waals surface area contributed by atoms with Crippen LogP contribution in [-0.4, -0.2) is 26.5 Å². The highest BCUT2D eigenvalue weighted by atomic mass is 16.3. The summed E-state index contributed by atoms with van der Waals surface area (Å²) in [5.74, 6) is -0.499. The van der Waals surface area contributed by atoms with E-state index >= 15 is 0 Å². The molecular formula is C18H17NO4. The smallest absolute Gasteiger partial charge is 0.223 e. The number of rotatable bonds is 4. The molecule has 0 fully saturated rings. The topological polar surface area (TPSA) is 82.7 Å². The molecule has 0 aliphatic carbocycles. The van der Waals surface area contributed by atoms with E-state index in [-0.39, 0.29) is 18.8 Å². The van der Waals surface area contributed by atoms with Crippen LogP contribution in [0.3, 0.4) is 0 Å². The zero-order valence-electron chi connectivity index (χ0n) is 12.4. The predicted octanol–water partition coefficient (Wildman–Crippen LogP) is 1.78. The first kappa shape index (κ1) is 15.3. The van der Waals surface area contributed by atoms with Crippen molar-refractivity contribution < 1.29 is 15.3 Å². The Morgan fingerprint density at radius 1 is 1.04 bits per heavy atom. The highest BCUT2D eigenvalue weighted by molar-refractivity contribution is 5.83. The molecule has 0 saturated heterocycles. The number of pyridine rings is 1. The van der Waals surface area contributed by atoms with Crippen LogP contribution in [0.25, 0.3) is 10.8 Å². The summed E-state index contributed by atoms with van der Waals surface area (Å²) < 4.78 is 1.48. The minimum absolute atomic E-state index is 0.0850. The van der Waals surface area contributed by atoms with Gasteiger partial charge in [-0.15, -0.1) is 0 Å². The summed E-state index contributed by atoms with van der Waals surface area (Å²) in [6.07, 6.45) is 0.290. The van der Waals surface area contributed by atoms with E-state index in [0.717, 1.165) is 10.8 Å².